The zero-order chi connectivity index (χ0) is 22.9. The van der Waals surface area contributed by atoms with Crippen molar-refractivity contribution in [3.8, 4) is 0 Å². The van der Waals surface area contributed by atoms with Crippen LogP contribution in [0.15, 0.2) is 120 Å². The molecule has 2 heterocycles. The van der Waals surface area contributed by atoms with Gasteiger partial charge in [0.2, 0.25) is 0 Å². The number of hydrogen-bond acceptors (Lipinski definition) is 2. The first kappa shape index (κ1) is 21.6. The molecule has 2 aromatic heterocycles. The van der Waals surface area contributed by atoms with E-state index in [0.29, 0.717) is 17.5 Å². The van der Waals surface area contributed by atoms with Crippen LogP contribution in [0.1, 0.15) is 11.3 Å². The summed E-state index contributed by atoms with van der Waals surface area (Å²) in [7, 11) is 0. The molecule has 5 rings (SSSR count). The van der Waals surface area contributed by atoms with Gasteiger partial charge < -0.3 is 0 Å². The average Bonchev–Trinajstić information content (AvgIpc) is 2.86. The first-order valence-corrected chi connectivity index (χ1v) is 14.2. The first-order valence-electron chi connectivity index (χ1n) is 10.9. The van der Waals surface area contributed by atoms with Gasteiger partial charge in [-0.1, -0.05) is 0 Å². The van der Waals surface area contributed by atoms with Crippen LogP contribution in [0.5, 0.6) is 0 Å². The molecule has 0 radical (unpaired) electrons. The third-order valence-electron chi connectivity index (χ3n) is 6.20. The van der Waals surface area contributed by atoms with Crippen LogP contribution < -0.4 is 21.5 Å². The predicted molar refractivity (Wildman–Crippen MR) is 141 cm³/mol. The summed E-state index contributed by atoms with van der Waals surface area (Å²) >= 11 is 8.12. The standard InChI is InChI=1S/C28H24ClN2OP/c1-22-17-18-27-30-23(19-28(32)31(27)20-22)21-33(29,24-11-5-2-6-12-24,25-13-7-3-8-14-25)26-15-9-4-10-16-26/h2-20H,21H2,1H3. The van der Waals surface area contributed by atoms with E-state index < -0.39 is 5.96 Å². The van der Waals surface area contributed by atoms with Crippen molar-refractivity contribution < 1.29 is 0 Å². The molecule has 0 saturated carbocycles. The molecule has 5 heteroatoms. The van der Waals surface area contributed by atoms with E-state index in [1.807, 2.05) is 79.9 Å². The fourth-order valence-electron chi connectivity index (χ4n) is 4.58. The molecule has 0 aliphatic rings. The SMILES string of the molecule is Cc1ccc2nc(CP(Cl)(c3ccccc3)(c3ccccc3)c3ccccc3)cc(=O)n2c1. The molecule has 0 spiro atoms. The Morgan fingerprint density at radius 2 is 1.24 bits per heavy atom. The minimum absolute atomic E-state index is 0.102. The van der Waals surface area contributed by atoms with Crippen LogP contribution in [0.3, 0.4) is 0 Å². The molecule has 0 unspecified atom stereocenters. The molecule has 3 nitrogen and oxygen atoms in total. The molecule has 0 aliphatic heterocycles. The quantitative estimate of drug-likeness (QED) is 0.331. The molecule has 0 fully saturated rings. The minimum atomic E-state index is -3.54. The molecule has 0 N–H and O–H groups in total. The first-order chi connectivity index (χ1) is 16.0. The zero-order valence-corrected chi connectivity index (χ0v) is 20.0. The fraction of sp³-hybridized carbons (Fsp3) is 0.0714. The van der Waals surface area contributed by atoms with Crippen LogP contribution in [0.2, 0.25) is 0 Å². The van der Waals surface area contributed by atoms with Gasteiger partial charge in [0, 0.05) is 0 Å². The summed E-state index contributed by atoms with van der Waals surface area (Å²) in [6.45, 7) is 1.96. The normalized spacial score (nSPS) is 12.8. The molecule has 0 saturated heterocycles. The van der Waals surface area contributed by atoms with Gasteiger partial charge in [0.1, 0.15) is 0 Å². The zero-order valence-electron chi connectivity index (χ0n) is 18.3. The van der Waals surface area contributed by atoms with Crippen molar-refractivity contribution in [2.75, 3.05) is 0 Å². The Bertz CT molecular complexity index is 1390. The molecule has 33 heavy (non-hydrogen) atoms. The number of nitrogens with zero attached hydrogens (tertiary/aromatic N) is 2. The summed E-state index contributed by atoms with van der Waals surface area (Å²) in [6, 6.07) is 36.2. The molecule has 3 aromatic carbocycles. The van der Waals surface area contributed by atoms with E-state index >= 15 is 0 Å². The third kappa shape index (κ3) is 3.58. The van der Waals surface area contributed by atoms with Crippen molar-refractivity contribution in [2.24, 2.45) is 0 Å². The Morgan fingerprint density at radius 1 is 0.758 bits per heavy atom. The second-order valence-corrected chi connectivity index (χ2v) is 14.8. The van der Waals surface area contributed by atoms with E-state index in [-0.39, 0.29) is 5.56 Å². The number of halogens is 1. The van der Waals surface area contributed by atoms with Gasteiger partial charge in [-0.15, -0.1) is 0 Å². The molecule has 0 atom stereocenters. The number of pyridine rings is 1. The van der Waals surface area contributed by atoms with Gasteiger partial charge in [-0.3, -0.25) is 0 Å². The van der Waals surface area contributed by atoms with Crippen LogP contribution >= 0.6 is 17.2 Å². The molecule has 164 valence electrons. The number of rotatable bonds is 5. The van der Waals surface area contributed by atoms with Crippen molar-refractivity contribution >= 4 is 38.8 Å². The van der Waals surface area contributed by atoms with Crippen molar-refractivity contribution in [2.45, 2.75) is 13.1 Å². The Labute approximate surface area is 198 Å². The number of fused-ring (bicyclic) bond motifs is 1. The summed E-state index contributed by atoms with van der Waals surface area (Å²) in [5.41, 5.74) is 2.22. The topological polar surface area (TPSA) is 34.4 Å². The van der Waals surface area contributed by atoms with Gasteiger partial charge >= 0.3 is 198 Å². The predicted octanol–water partition coefficient (Wildman–Crippen LogP) is 5.19. The maximum absolute atomic E-state index is 13.0. The average molecular weight is 471 g/mol. The Hall–Kier alpha value is -3.26. The van der Waals surface area contributed by atoms with Crippen LogP contribution in [0, 0.1) is 6.92 Å². The van der Waals surface area contributed by atoms with E-state index in [1.165, 1.54) is 0 Å². The van der Waals surface area contributed by atoms with Crippen molar-refractivity contribution in [3.05, 3.63) is 137 Å². The summed E-state index contributed by atoms with van der Waals surface area (Å²) in [5.74, 6) is -3.54. The number of hydrogen-bond donors (Lipinski definition) is 0. The van der Waals surface area contributed by atoms with Crippen molar-refractivity contribution in [3.63, 3.8) is 0 Å². The van der Waals surface area contributed by atoms with Gasteiger partial charge in [-0.2, -0.15) is 0 Å². The number of aromatic nitrogens is 2. The second-order valence-electron chi connectivity index (χ2n) is 8.37. The van der Waals surface area contributed by atoms with Gasteiger partial charge in [0.05, 0.1) is 0 Å². The molecule has 5 aromatic rings. The molecule has 0 bridgehead atoms. The maximum atomic E-state index is 13.0. The van der Waals surface area contributed by atoms with E-state index in [9.17, 15) is 4.79 Å². The van der Waals surface area contributed by atoms with E-state index in [0.717, 1.165) is 21.5 Å². The summed E-state index contributed by atoms with van der Waals surface area (Å²) in [4.78, 5) is 17.9. The van der Waals surface area contributed by atoms with Crippen molar-refractivity contribution in [1.29, 1.82) is 0 Å². The van der Waals surface area contributed by atoms with Crippen LogP contribution in [-0.2, 0) is 6.16 Å². The van der Waals surface area contributed by atoms with Gasteiger partial charge in [-0.05, 0) is 0 Å². The summed E-state index contributed by atoms with van der Waals surface area (Å²) < 4.78 is 1.59. The Balaban J connectivity index is 1.85. The molecular weight excluding hydrogens is 447 g/mol. The number of aryl methyl sites for hydroxylation is 1. The molecular formula is C28H24ClN2OP. The second kappa shape index (κ2) is 8.26. The monoisotopic (exact) mass is 470 g/mol. The van der Waals surface area contributed by atoms with Crippen LogP contribution in [0.4, 0.5) is 0 Å². The van der Waals surface area contributed by atoms with Gasteiger partial charge in [0.25, 0.3) is 0 Å². The molecule has 0 aliphatic carbocycles. The van der Waals surface area contributed by atoms with E-state index in [4.69, 9.17) is 16.2 Å². The van der Waals surface area contributed by atoms with Gasteiger partial charge in [-0.25, -0.2) is 0 Å². The van der Waals surface area contributed by atoms with Crippen molar-refractivity contribution in [1.82, 2.24) is 9.38 Å². The van der Waals surface area contributed by atoms with E-state index in [2.05, 4.69) is 36.4 Å². The molecule has 0 amide bonds. The Morgan fingerprint density at radius 3 is 1.73 bits per heavy atom. The van der Waals surface area contributed by atoms with Crippen LogP contribution in [-0.4, -0.2) is 9.38 Å². The van der Waals surface area contributed by atoms with E-state index in [1.54, 1.807) is 10.5 Å². The van der Waals surface area contributed by atoms with Crippen LogP contribution in [0.25, 0.3) is 5.65 Å². The van der Waals surface area contributed by atoms with Gasteiger partial charge in [0.15, 0.2) is 0 Å². The number of benzene rings is 3. The Kier molecular flexibility index (Phi) is 5.40. The fourth-order valence-corrected chi connectivity index (χ4v) is 10.6. The summed E-state index contributed by atoms with van der Waals surface area (Å²) in [6.07, 6.45) is 2.26. The third-order valence-corrected chi connectivity index (χ3v) is 13.4. The summed E-state index contributed by atoms with van der Waals surface area (Å²) in [5, 5.41) is 3.15.